The molecule has 0 aliphatic carbocycles. The van der Waals surface area contributed by atoms with E-state index in [9.17, 15) is 4.39 Å². The van der Waals surface area contributed by atoms with Crippen LogP contribution in [0, 0.1) is 5.82 Å². The third-order valence-electron chi connectivity index (χ3n) is 2.75. The largest absolute Gasteiger partial charge is 0.324 e. The summed E-state index contributed by atoms with van der Waals surface area (Å²) >= 11 is 6.80. The van der Waals surface area contributed by atoms with Crippen molar-refractivity contribution >= 4 is 31.9 Å². The van der Waals surface area contributed by atoms with Gasteiger partial charge in [0.15, 0.2) is 0 Å². The molecule has 0 heterocycles. The first kappa shape index (κ1) is 13.7. The molecule has 0 aliphatic rings. The maximum absolute atomic E-state index is 13.7. The Balaban J connectivity index is 2.24. The summed E-state index contributed by atoms with van der Waals surface area (Å²) in [6, 6.07) is 12.4. The SMILES string of the molecule is NC(Cc1cc(Br)ccc1F)c1ccccc1Br. The van der Waals surface area contributed by atoms with Gasteiger partial charge in [0, 0.05) is 15.0 Å². The predicted molar refractivity (Wildman–Crippen MR) is 78.9 cm³/mol. The zero-order valence-electron chi connectivity index (χ0n) is 9.54. The molecule has 0 radical (unpaired) electrons. The second-order valence-corrected chi connectivity index (χ2v) is 5.84. The first-order valence-electron chi connectivity index (χ1n) is 5.52. The second kappa shape index (κ2) is 5.95. The van der Waals surface area contributed by atoms with E-state index < -0.39 is 0 Å². The highest BCUT2D eigenvalue weighted by Crippen LogP contribution is 2.26. The van der Waals surface area contributed by atoms with E-state index in [1.807, 2.05) is 24.3 Å². The average Bonchev–Trinajstić information content (AvgIpc) is 2.34. The fraction of sp³-hybridized carbons (Fsp3) is 0.143. The molecule has 1 unspecified atom stereocenters. The van der Waals surface area contributed by atoms with E-state index in [4.69, 9.17) is 5.73 Å². The van der Waals surface area contributed by atoms with Gasteiger partial charge in [-0.05, 0) is 41.8 Å². The van der Waals surface area contributed by atoms with Crippen LogP contribution in [0.2, 0.25) is 0 Å². The third-order valence-corrected chi connectivity index (χ3v) is 3.97. The van der Waals surface area contributed by atoms with Crippen LogP contribution >= 0.6 is 31.9 Å². The van der Waals surface area contributed by atoms with Crippen molar-refractivity contribution in [2.45, 2.75) is 12.5 Å². The van der Waals surface area contributed by atoms with Crippen LogP contribution in [0.4, 0.5) is 4.39 Å². The predicted octanol–water partition coefficient (Wildman–Crippen LogP) is 4.59. The Labute approximate surface area is 122 Å². The van der Waals surface area contributed by atoms with Gasteiger partial charge in [0.05, 0.1) is 0 Å². The molecule has 2 aromatic carbocycles. The van der Waals surface area contributed by atoms with Crippen LogP contribution in [0.3, 0.4) is 0 Å². The van der Waals surface area contributed by atoms with Crippen LogP contribution in [-0.2, 0) is 6.42 Å². The minimum atomic E-state index is -0.232. The highest BCUT2D eigenvalue weighted by atomic mass is 79.9. The zero-order chi connectivity index (χ0) is 13.1. The maximum atomic E-state index is 13.7. The molecule has 0 amide bonds. The summed E-state index contributed by atoms with van der Waals surface area (Å²) in [4.78, 5) is 0. The molecule has 1 nitrogen and oxygen atoms in total. The van der Waals surface area contributed by atoms with E-state index in [1.54, 1.807) is 12.1 Å². The Morgan fingerprint density at radius 3 is 2.56 bits per heavy atom. The molecule has 0 saturated carbocycles. The molecule has 2 N–H and O–H groups in total. The molecule has 2 rings (SSSR count). The molecule has 18 heavy (non-hydrogen) atoms. The van der Waals surface area contributed by atoms with E-state index in [-0.39, 0.29) is 11.9 Å². The fourth-order valence-corrected chi connectivity index (χ4v) is 2.81. The lowest BCUT2D eigenvalue weighted by Gasteiger charge is -2.14. The maximum Gasteiger partial charge on any atom is 0.126 e. The number of rotatable bonds is 3. The van der Waals surface area contributed by atoms with Crippen LogP contribution in [0.5, 0.6) is 0 Å². The second-order valence-electron chi connectivity index (χ2n) is 4.07. The van der Waals surface area contributed by atoms with Crippen molar-refractivity contribution < 1.29 is 4.39 Å². The quantitative estimate of drug-likeness (QED) is 0.837. The molecule has 4 heteroatoms. The van der Waals surface area contributed by atoms with Crippen LogP contribution in [0.1, 0.15) is 17.2 Å². The molecule has 0 fully saturated rings. The number of benzene rings is 2. The number of hydrogen-bond acceptors (Lipinski definition) is 1. The smallest absolute Gasteiger partial charge is 0.126 e. The normalized spacial score (nSPS) is 12.4. The Morgan fingerprint density at radius 2 is 1.83 bits per heavy atom. The molecule has 1 atom stereocenters. The van der Waals surface area contributed by atoms with Crippen molar-refractivity contribution in [3.05, 3.63) is 68.4 Å². The molecular formula is C14H12Br2FN. The summed E-state index contributed by atoms with van der Waals surface area (Å²) in [6.07, 6.45) is 0.466. The molecule has 94 valence electrons. The van der Waals surface area contributed by atoms with E-state index in [1.165, 1.54) is 6.07 Å². The highest BCUT2D eigenvalue weighted by molar-refractivity contribution is 9.10. The van der Waals surface area contributed by atoms with Crippen LogP contribution in [0.25, 0.3) is 0 Å². The number of nitrogens with two attached hydrogens (primary N) is 1. The van der Waals surface area contributed by atoms with Crippen molar-refractivity contribution in [1.82, 2.24) is 0 Å². The molecular weight excluding hydrogens is 361 g/mol. The zero-order valence-corrected chi connectivity index (χ0v) is 12.7. The van der Waals surface area contributed by atoms with E-state index in [0.717, 1.165) is 14.5 Å². The average molecular weight is 373 g/mol. The summed E-state index contributed by atoms with van der Waals surface area (Å²) < 4.78 is 15.5. The number of hydrogen-bond donors (Lipinski definition) is 1. The van der Waals surface area contributed by atoms with Gasteiger partial charge in [-0.15, -0.1) is 0 Å². The van der Waals surface area contributed by atoms with Crippen molar-refractivity contribution in [2.24, 2.45) is 5.73 Å². The number of halogens is 3. The molecule has 0 spiro atoms. The van der Waals surface area contributed by atoms with Crippen LogP contribution < -0.4 is 5.73 Å². The van der Waals surface area contributed by atoms with Crippen molar-refractivity contribution in [3.63, 3.8) is 0 Å². The lowest BCUT2D eigenvalue weighted by atomic mass is 9.99. The van der Waals surface area contributed by atoms with Crippen molar-refractivity contribution in [2.75, 3.05) is 0 Å². The fourth-order valence-electron chi connectivity index (χ4n) is 1.82. The van der Waals surface area contributed by atoms with Gasteiger partial charge in [0.1, 0.15) is 5.82 Å². The molecule has 0 aromatic heterocycles. The minimum absolute atomic E-state index is 0.222. The summed E-state index contributed by atoms with van der Waals surface area (Å²) in [5, 5.41) is 0. The van der Waals surface area contributed by atoms with E-state index in [0.29, 0.717) is 12.0 Å². The monoisotopic (exact) mass is 371 g/mol. The van der Waals surface area contributed by atoms with Gasteiger partial charge < -0.3 is 5.73 Å². The van der Waals surface area contributed by atoms with E-state index >= 15 is 0 Å². The van der Waals surface area contributed by atoms with Crippen molar-refractivity contribution in [1.29, 1.82) is 0 Å². The molecule has 0 aliphatic heterocycles. The first-order valence-corrected chi connectivity index (χ1v) is 7.10. The Bertz CT molecular complexity index is 557. The summed E-state index contributed by atoms with van der Waals surface area (Å²) in [5.74, 6) is -0.222. The lowest BCUT2D eigenvalue weighted by molar-refractivity contribution is 0.592. The molecule has 0 saturated heterocycles. The Hall–Kier alpha value is -0.710. The van der Waals surface area contributed by atoms with Gasteiger partial charge >= 0.3 is 0 Å². The van der Waals surface area contributed by atoms with Crippen LogP contribution in [-0.4, -0.2) is 0 Å². The van der Waals surface area contributed by atoms with E-state index in [2.05, 4.69) is 31.9 Å². The van der Waals surface area contributed by atoms with Gasteiger partial charge in [-0.1, -0.05) is 50.1 Å². The van der Waals surface area contributed by atoms with Gasteiger partial charge in [-0.25, -0.2) is 4.39 Å². The van der Waals surface area contributed by atoms with Gasteiger partial charge in [-0.2, -0.15) is 0 Å². The summed E-state index contributed by atoms with van der Waals surface area (Å²) in [7, 11) is 0. The summed E-state index contributed by atoms with van der Waals surface area (Å²) in [6.45, 7) is 0. The summed E-state index contributed by atoms with van der Waals surface area (Å²) in [5.41, 5.74) is 7.74. The van der Waals surface area contributed by atoms with Crippen molar-refractivity contribution in [3.8, 4) is 0 Å². The van der Waals surface area contributed by atoms with Gasteiger partial charge in [0.2, 0.25) is 0 Å². The third kappa shape index (κ3) is 3.19. The molecule has 2 aromatic rings. The molecule has 0 bridgehead atoms. The highest BCUT2D eigenvalue weighted by Gasteiger charge is 2.13. The van der Waals surface area contributed by atoms with Gasteiger partial charge in [-0.3, -0.25) is 0 Å². The Kier molecular flexibility index (Phi) is 4.54. The van der Waals surface area contributed by atoms with Crippen LogP contribution in [0.15, 0.2) is 51.4 Å². The topological polar surface area (TPSA) is 26.0 Å². The standard InChI is InChI=1S/C14H12Br2FN/c15-10-5-6-13(17)9(7-10)8-14(18)11-3-1-2-4-12(11)16/h1-7,14H,8,18H2. The van der Waals surface area contributed by atoms with Gasteiger partial charge in [0.25, 0.3) is 0 Å². The lowest BCUT2D eigenvalue weighted by Crippen LogP contribution is -2.14. The Morgan fingerprint density at radius 1 is 1.11 bits per heavy atom. The first-order chi connectivity index (χ1) is 8.58. The minimum Gasteiger partial charge on any atom is -0.324 e.